The lowest BCUT2D eigenvalue weighted by Crippen LogP contribution is -2.50. The number of thioether (sulfide) groups is 2. The van der Waals surface area contributed by atoms with Gasteiger partial charge in [-0.05, 0) is 116 Å². The van der Waals surface area contributed by atoms with Crippen LogP contribution >= 0.6 is 46.2 Å². The van der Waals surface area contributed by atoms with Crippen LogP contribution in [0.5, 0.6) is 0 Å². The molecule has 6 aromatic rings. The molecule has 1 fully saturated rings. The number of hydrogen-bond donors (Lipinski definition) is 3. The fourth-order valence-corrected chi connectivity index (χ4v) is 12.9. The number of amides is 1. The fraction of sp³-hybridized carbons (Fsp3) is 0.378. The van der Waals surface area contributed by atoms with Gasteiger partial charge in [-0.2, -0.15) is 0 Å². The molecule has 2 aliphatic carbocycles. The number of hydrogen-bond acceptors (Lipinski definition) is 15. The van der Waals surface area contributed by atoms with Crippen LogP contribution in [-0.4, -0.2) is 92.6 Å². The molecule has 0 unspecified atom stereocenters. The summed E-state index contributed by atoms with van der Waals surface area (Å²) in [6, 6.07) is 8.86. The van der Waals surface area contributed by atoms with Crippen LogP contribution in [0.2, 0.25) is 0 Å². The molecule has 0 radical (unpaired) electrons. The molecular formula is C45H45N9O4S4. The molecular weight excluding hydrogens is 859 g/mol. The number of carboxylic acid groups (broad SMARTS) is 1. The van der Waals surface area contributed by atoms with Crippen LogP contribution in [0.3, 0.4) is 0 Å². The minimum absolute atomic E-state index is 0.0320. The highest BCUT2D eigenvalue weighted by Gasteiger charge is 2.35. The SMILES string of the molecule is CSc1cc2c(cc1Nc1ncnc3sc4c(c13)CC[C@H](C(=O)N1CCOC[C@@H]1C)C4)C=NC2.CSc1cc2c(cc1Nc1ncnc3sc4c(c13)CC[C@H](C(=O)O)C4)C=NC2. The van der Waals surface area contributed by atoms with E-state index >= 15 is 0 Å². The molecule has 0 saturated carbocycles. The summed E-state index contributed by atoms with van der Waals surface area (Å²) in [6.07, 6.45) is 15.7. The van der Waals surface area contributed by atoms with Crippen molar-refractivity contribution < 1.29 is 19.4 Å². The van der Waals surface area contributed by atoms with Gasteiger partial charge in [-0.3, -0.25) is 19.6 Å². The van der Waals surface area contributed by atoms with Crippen molar-refractivity contribution in [2.75, 3.05) is 42.9 Å². The number of carboxylic acids is 1. The van der Waals surface area contributed by atoms with Crippen LogP contribution in [-0.2, 0) is 53.1 Å². The number of carbonyl (C=O) groups excluding carboxylic acids is 1. The number of nitrogens with one attached hydrogen (secondary N) is 2. The number of thiophene rings is 2. The highest BCUT2D eigenvalue weighted by molar-refractivity contribution is 7.99. The maximum atomic E-state index is 13.3. The second-order valence-corrected chi connectivity index (χ2v) is 20.0. The third-order valence-electron chi connectivity index (χ3n) is 12.5. The van der Waals surface area contributed by atoms with Crippen molar-refractivity contribution in [3.63, 3.8) is 0 Å². The van der Waals surface area contributed by atoms with E-state index < -0.39 is 5.97 Å². The first-order valence-corrected chi connectivity index (χ1v) is 24.9. The summed E-state index contributed by atoms with van der Waals surface area (Å²) >= 11 is 6.73. The molecule has 1 saturated heterocycles. The minimum Gasteiger partial charge on any atom is -0.481 e. The van der Waals surface area contributed by atoms with Crippen molar-refractivity contribution in [2.45, 2.75) is 74.4 Å². The Morgan fingerprint density at radius 2 is 1.31 bits per heavy atom. The van der Waals surface area contributed by atoms with Gasteiger partial charge < -0.3 is 25.4 Å². The van der Waals surface area contributed by atoms with Gasteiger partial charge in [-0.25, -0.2) is 19.9 Å². The van der Waals surface area contributed by atoms with Gasteiger partial charge in [0.15, 0.2) is 0 Å². The Morgan fingerprint density at radius 3 is 1.82 bits per heavy atom. The molecule has 0 bridgehead atoms. The van der Waals surface area contributed by atoms with Gasteiger partial charge in [0, 0.05) is 44.4 Å². The average Bonchev–Trinajstić information content (AvgIpc) is 4.10. The molecule has 318 valence electrons. The molecule has 0 spiro atoms. The molecule has 3 atom stereocenters. The van der Waals surface area contributed by atoms with E-state index in [4.69, 9.17) is 4.74 Å². The van der Waals surface area contributed by atoms with Crippen molar-refractivity contribution in [3.05, 3.63) is 80.1 Å². The zero-order chi connectivity index (χ0) is 42.5. The van der Waals surface area contributed by atoms with Gasteiger partial charge in [0.1, 0.15) is 34.0 Å². The monoisotopic (exact) mass is 903 g/mol. The summed E-state index contributed by atoms with van der Waals surface area (Å²) in [5.74, 6) is 0.930. The number of fused-ring (bicyclic) bond motifs is 8. The van der Waals surface area contributed by atoms with E-state index in [1.807, 2.05) is 17.3 Å². The Balaban J connectivity index is 0.000000151. The second kappa shape index (κ2) is 17.3. The Morgan fingerprint density at radius 1 is 0.774 bits per heavy atom. The lowest BCUT2D eigenvalue weighted by atomic mass is 9.86. The molecule has 1 amide bonds. The molecule has 2 aromatic carbocycles. The number of aryl methyl sites for hydroxylation is 2. The molecule has 3 aliphatic heterocycles. The Hall–Kier alpha value is -4.94. The maximum Gasteiger partial charge on any atom is 0.306 e. The molecule has 5 aliphatic rings. The lowest BCUT2D eigenvalue weighted by Gasteiger charge is -2.36. The summed E-state index contributed by atoms with van der Waals surface area (Å²) in [7, 11) is 0. The predicted molar refractivity (Wildman–Crippen MR) is 251 cm³/mol. The summed E-state index contributed by atoms with van der Waals surface area (Å²) in [4.78, 5) is 60.3. The van der Waals surface area contributed by atoms with Crippen molar-refractivity contribution in [3.8, 4) is 0 Å². The molecule has 7 heterocycles. The van der Waals surface area contributed by atoms with Crippen LogP contribution in [0.15, 0.2) is 56.7 Å². The number of morpholine rings is 1. The van der Waals surface area contributed by atoms with Crippen molar-refractivity contribution >= 4 is 114 Å². The lowest BCUT2D eigenvalue weighted by molar-refractivity contribution is -0.144. The molecule has 13 nitrogen and oxygen atoms in total. The largest absolute Gasteiger partial charge is 0.481 e. The second-order valence-electron chi connectivity index (χ2n) is 16.2. The van der Waals surface area contributed by atoms with E-state index in [1.54, 1.807) is 58.9 Å². The van der Waals surface area contributed by atoms with E-state index in [9.17, 15) is 14.7 Å². The van der Waals surface area contributed by atoms with Crippen molar-refractivity contribution in [2.24, 2.45) is 21.8 Å². The number of carbonyl (C=O) groups is 2. The quantitative estimate of drug-likeness (QED) is 0.125. The topological polar surface area (TPSA) is 167 Å². The molecule has 3 N–H and O–H groups in total. The van der Waals surface area contributed by atoms with Gasteiger partial charge >= 0.3 is 5.97 Å². The first-order chi connectivity index (χ1) is 30.3. The number of aliphatic carboxylic acids is 1. The van der Waals surface area contributed by atoms with Gasteiger partial charge in [-0.15, -0.1) is 46.2 Å². The summed E-state index contributed by atoms with van der Waals surface area (Å²) in [6.45, 7) is 5.52. The number of anilines is 4. The van der Waals surface area contributed by atoms with E-state index in [0.717, 1.165) is 103 Å². The Bertz CT molecular complexity index is 2820. The van der Waals surface area contributed by atoms with Gasteiger partial charge in [0.05, 0.1) is 60.4 Å². The Kier molecular flexibility index (Phi) is 11.5. The third-order valence-corrected chi connectivity index (χ3v) is 16.3. The number of nitrogens with zero attached hydrogens (tertiary/aromatic N) is 7. The summed E-state index contributed by atoms with van der Waals surface area (Å²) < 4.78 is 5.53. The van der Waals surface area contributed by atoms with Gasteiger partial charge in [0.2, 0.25) is 5.91 Å². The van der Waals surface area contributed by atoms with Crippen LogP contribution in [0, 0.1) is 11.8 Å². The fourth-order valence-electron chi connectivity index (χ4n) is 9.19. The third kappa shape index (κ3) is 7.75. The van der Waals surface area contributed by atoms with Gasteiger partial charge in [-0.1, -0.05) is 0 Å². The minimum atomic E-state index is -0.711. The maximum absolute atomic E-state index is 13.3. The van der Waals surface area contributed by atoms with E-state index in [1.165, 1.54) is 32.0 Å². The van der Waals surface area contributed by atoms with E-state index in [0.29, 0.717) is 32.6 Å². The normalized spacial score (nSPS) is 19.7. The first kappa shape index (κ1) is 41.1. The smallest absolute Gasteiger partial charge is 0.306 e. The average molecular weight is 904 g/mol. The first-order valence-electron chi connectivity index (χ1n) is 20.8. The van der Waals surface area contributed by atoms with Gasteiger partial charge in [0.25, 0.3) is 0 Å². The number of rotatable bonds is 8. The zero-order valence-electron chi connectivity index (χ0n) is 34.6. The summed E-state index contributed by atoms with van der Waals surface area (Å²) in [5, 5.41) is 18.6. The van der Waals surface area contributed by atoms with Crippen LogP contribution in [0.1, 0.15) is 62.9 Å². The van der Waals surface area contributed by atoms with E-state index in [-0.39, 0.29) is 23.8 Å². The standard InChI is InChI=1S/C25H27N5O2S2.C20H18N4O2S2/c1-14-12-32-6-5-30(14)25(31)15-3-4-18-20(8-15)34-24-22(18)23(27-13-28-24)29-19-7-16-10-26-11-17(16)9-21(19)33-2;1-27-16-6-12-8-21-7-11(12)4-14(16)24-18-17-13-3-2-10(20(25)26)5-15(13)28-19(17)23-9-22-18/h7,9-10,13-15H,3-6,8,11-12H2,1-2H3,(H,27,28,29);4,6-7,9-10H,2-3,5,8H2,1H3,(H,25,26)(H,22,23,24)/t14-,15-;10-/m00/s1. The van der Waals surface area contributed by atoms with E-state index in [2.05, 4.69) is 84.3 Å². The zero-order valence-corrected chi connectivity index (χ0v) is 37.8. The molecule has 17 heteroatoms. The summed E-state index contributed by atoms with van der Waals surface area (Å²) in [5.41, 5.74) is 9.38. The van der Waals surface area contributed by atoms with Crippen LogP contribution < -0.4 is 10.6 Å². The Labute approximate surface area is 375 Å². The number of aliphatic imine (C=N–C) groups is 2. The number of benzene rings is 2. The molecule has 62 heavy (non-hydrogen) atoms. The van der Waals surface area contributed by atoms with Crippen molar-refractivity contribution in [1.82, 2.24) is 24.8 Å². The molecule has 11 rings (SSSR count). The highest BCUT2D eigenvalue weighted by atomic mass is 32.2. The van der Waals surface area contributed by atoms with Crippen LogP contribution in [0.4, 0.5) is 23.0 Å². The predicted octanol–water partition coefficient (Wildman–Crippen LogP) is 8.72. The molecule has 4 aromatic heterocycles. The van der Waals surface area contributed by atoms with Crippen molar-refractivity contribution in [1.29, 1.82) is 0 Å². The number of aromatic nitrogens is 4. The van der Waals surface area contributed by atoms with Crippen LogP contribution in [0.25, 0.3) is 20.4 Å². The number of ether oxygens (including phenoxy) is 1. The highest BCUT2D eigenvalue weighted by Crippen LogP contribution is 2.44.